The summed E-state index contributed by atoms with van der Waals surface area (Å²) < 4.78 is 11.7. The fourth-order valence-corrected chi connectivity index (χ4v) is 3.94. The van der Waals surface area contributed by atoms with Crippen LogP contribution in [0.25, 0.3) is 11.3 Å². The normalized spacial score (nSPS) is 15.0. The van der Waals surface area contributed by atoms with E-state index < -0.39 is 0 Å². The van der Waals surface area contributed by atoms with Crippen LogP contribution in [0.2, 0.25) is 0 Å². The van der Waals surface area contributed by atoms with Gasteiger partial charge < -0.3 is 19.5 Å². The topological polar surface area (TPSA) is 70.8 Å². The third kappa shape index (κ3) is 6.66. The molecule has 3 aromatic rings. The second kappa shape index (κ2) is 11.1. The summed E-state index contributed by atoms with van der Waals surface area (Å²) in [5.41, 5.74) is 2.61. The highest BCUT2D eigenvalue weighted by Gasteiger charge is 2.22. The largest absolute Gasteiger partial charge is 0.490 e. The second-order valence-corrected chi connectivity index (χ2v) is 8.73. The highest BCUT2D eigenvalue weighted by Crippen LogP contribution is 2.23. The molecule has 0 atom stereocenters. The predicted octanol–water partition coefficient (Wildman–Crippen LogP) is 3.68. The maximum absolute atomic E-state index is 12.4. The van der Waals surface area contributed by atoms with Crippen molar-refractivity contribution in [2.75, 3.05) is 40.3 Å². The number of rotatable bonds is 9. The van der Waals surface area contributed by atoms with Crippen molar-refractivity contribution in [3.63, 3.8) is 0 Å². The first-order valence-electron chi connectivity index (χ1n) is 11.5. The number of carbonyl (C=O) groups is 1. The van der Waals surface area contributed by atoms with Gasteiger partial charge in [0.05, 0.1) is 5.69 Å². The Morgan fingerprint density at radius 1 is 1.12 bits per heavy atom. The zero-order valence-corrected chi connectivity index (χ0v) is 19.4. The van der Waals surface area contributed by atoms with E-state index in [1.54, 1.807) is 0 Å². The van der Waals surface area contributed by atoms with Crippen LogP contribution in [0.1, 0.15) is 28.9 Å². The van der Waals surface area contributed by atoms with Crippen LogP contribution in [-0.2, 0) is 6.54 Å². The van der Waals surface area contributed by atoms with E-state index >= 15 is 0 Å². The van der Waals surface area contributed by atoms with Gasteiger partial charge in [0, 0.05) is 49.9 Å². The fourth-order valence-electron chi connectivity index (χ4n) is 3.94. The Balaban J connectivity index is 1.24. The zero-order chi connectivity index (χ0) is 23.0. The summed E-state index contributed by atoms with van der Waals surface area (Å²) in [6, 6.07) is 19.5. The summed E-state index contributed by atoms with van der Waals surface area (Å²) in [6.45, 7) is 4.06. The Hall–Kier alpha value is -3.16. The molecule has 0 unspecified atom stereocenters. The van der Waals surface area contributed by atoms with Crippen LogP contribution in [-0.4, -0.2) is 67.2 Å². The molecule has 1 fully saturated rings. The minimum atomic E-state index is -0.0698. The highest BCUT2D eigenvalue weighted by molar-refractivity contribution is 5.94. The number of benzene rings is 2. The van der Waals surface area contributed by atoms with Crippen LogP contribution in [0.5, 0.6) is 5.75 Å². The predicted molar refractivity (Wildman–Crippen MR) is 128 cm³/mol. The van der Waals surface area contributed by atoms with Gasteiger partial charge in [-0.15, -0.1) is 0 Å². The van der Waals surface area contributed by atoms with Gasteiger partial charge in [0.25, 0.3) is 5.91 Å². The van der Waals surface area contributed by atoms with E-state index in [0.29, 0.717) is 12.1 Å². The van der Waals surface area contributed by atoms with E-state index in [9.17, 15) is 4.79 Å². The highest BCUT2D eigenvalue weighted by atomic mass is 16.5. The molecule has 174 valence electrons. The lowest BCUT2D eigenvalue weighted by molar-refractivity contribution is 0.0930. The van der Waals surface area contributed by atoms with Crippen LogP contribution in [0.4, 0.5) is 0 Å². The van der Waals surface area contributed by atoms with Crippen molar-refractivity contribution in [1.29, 1.82) is 0 Å². The molecule has 1 N–H and O–H groups in total. The lowest BCUT2D eigenvalue weighted by Crippen LogP contribution is -2.37. The third-order valence-electron chi connectivity index (χ3n) is 5.78. The average Bonchev–Trinajstić information content (AvgIpc) is 3.29. The van der Waals surface area contributed by atoms with Crippen LogP contribution in [0.3, 0.4) is 0 Å². The number of amides is 1. The number of hydrogen-bond donors (Lipinski definition) is 1. The van der Waals surface area contributed by atoms with Gasteiger partial charge in [-0.25, -0.2) is 0 Å². The molecule has 2 heterocycles. The molecule has 0 aliphatic carbocycles. The SMILES string of the molecule is CN(C)CCNC(=O)c1cccc(OC2CCN(Cc3cc(-c4ccccc4)on3)CC2)c1. The molecule has 1 aliphatic heterocycles. The summed E-state index contributed by atoms with van der Waals surface area (Å²) in [4.78, 5) is 16.8. The molecule has 2 aromatic carbocycles. The summed E-state index contributed by atoms with van der Waals surface area (Å²) in [5, 5.41) is 7.19. The van der Waals surface area contributed by atoms with Gasteiger partial charge in [0.2, 0.25) is 0 Å². The number of likely N-dealkylation sites (tertiary alicyclic amines) is 1. The average molecular weight is 449 g/mol. The molecule has 1 aliphatic rings. The summed E-state index contributed by atoms with van der Waals surface area (Å²) in [5.74, 6) is 1.48. The fraction of sp³-hybridized carbons (Fsp3) is 0.385. The standard InChI is InChI=1S/C26H32N4O3/c1-29(2)16-13-27-26(31)21-9-6-10-24(17-21)32-23-11-14-30(15-12-23)19-22-18-25(33-28-22)20-7-4-3-5-8-20/h3-10,17-18,23H,11-16,19H2,1-2H3,(H,27,31). The zero-order valence-electron chi connectivity index (χ0n) is 19.4. The summed E-state index contributed by atoms with van der Waals surface area (Å²) in [7, 11) is 3.97. The quantitative estimate of drug-likeness (QED) is 0.539. The number of piperidine rings is 1. The second-order valence-electron chi connectivity index (χ2n) is 8.73. The van der Waals surface area contributed by atoms with Crippen molar-refractivity contribution in [1.82, 2.24) is 20.3 Å². The van der Waals surface area contributed by atoms with Gasteiger partial charge in [-0.1, -0.05) is 41.6 Å². The van der Waals surface area contributed by atoms with E-state index in [2.05, 4.69) is 15.4 Å². The molecule has 33 heavy (non-hydrogen) atoms. The van der Waals surface area contributed by atoms with Crippen molar-refractivity contribution in [2.45, 2.75) is 25.5 Å². The molecule has 0 spiro atoms. The molecule has 7 nitrogen and oxygen atoms in total. The van der Waals surface area contributed by atoms with E-state index in [0.717, 1.165) is 61.8 Å². The monoisotopic (exact) mass is 448 g/mol. The van der Waals surface area contributed by atoms with Gasteiger partial charge in [0.15, 0.2) is 5.76 Å². The van der Waals surface area contributed by atoms with Gasteiger partial charge >= 0.3 is 0 Å². The lowest BCUT2D eigenvalue weighted by Gasteiger charge is -2.31. The van der Waals surface area contributed by atoms with Crippen molar-refractivity contribution < 1.29 is 14.1 Å². The first-order valence-corrected chi connectivity index (χ1v) is 11.5. The first-order chi connectivity index (χ1) is 16.1. The number of nitrogens with zero attached hydrogens (tertiary/aromatic N) is 3. The van der Waals surface area contributed by atoms with Crippen molar-refractivity contribution in [3.05, 3.63) is 71.9 Å². The Labute approximate surface area is 195 Å². The maximum Gasteiger partial charge on any atom is 0.251 e. The third-order valence-corrected chi connectivity index (χ3v) is 5.78. The number of hydrogen-bond acceptors (Lipinski definition) is 6. The van der Waals surface area contributed by atoms with Crippen molar-refractivity contribution in [2.24, 2.45) is 0 Å². The van der Waals surface area contributed by atoms with Crippen LogP contribution >= 0.6 is 0 Å². The first kappa shape index (κ1) is 23.0. The Bertz CT molecular complexity index is 1030. The Morgan fingerprint density at radius 2 is 1.91 bits per heavy atom. The van der Waals surface area contributed by atoms with E-state index in [-0.39, 0.29) is 12.0 Å². The van der Waals surface area contributed by atoms with E-state index in [1.807, 2.05) is 79.7 Å². The molecule has 0 saturated carbocycles. The molecule has 0 bridgehead atoms. The van der Waals surface area contributed by atoms with E-state index in [1.165, 1.54) is 0 Å². The minimum Gasteiger partial charge on any atom is -0.490 e. The number of ether oxygens (including phenoxy) is 1. The smallest absolute Gasteiger partial charge is 0.251 e. The van der Waals surface area contributed by atoms with Crippen molar-refractivity contribution in [3.8, 4) is 17.1 Å². The number of carbonyl (C=O) groups excluding carboxylic acids is 1. The number of aromatic nitrogens is 1. The lowest BCUT2D eigenvalue weighted by atomic mass is 10.1. The van der Waals surface area contributed by atoms with Crippen LogP contribution in [0, 0.1) is 0 Å². The summed E-state index contributed by atoms with van der Waals surface area (Å²) in [6.07, 6.45) is 2.01. The van der Waals surface area contributed by atoms with Crippen LogP contribution in [0.15, 0.2) is 65.2 Å². The molecular formula is C26H32N4O3. The Kier molecular flexibility index (Phi) is 7.75. The molecule has 7 heteroatoms. The maximum atomic E-state index is 12.4. The van der Waals surface area contributed by atoms with Crippen molar-refractivity contribution >= 4 is 5.91 Å². The minimum absolute atomic E-state index is 0.0698. The number of likely N-dealkylation sites (N-methyl/N-ethyl adjacent to an activating group) is 1. The molecule has 1 saturated heterocycles. The molecule has 1 aromatic heterocycles. The van der Waals surface area contributed by atoms with E-state index in [4.69, 9.17) is 9.26 Å². The molecular weight excluding hydrogens is 416 g/mol. The molecule has 4 rings (SSSR count). The Morgan fingerprint density at radius 3 is 2.67 bits per heavy atom. The summed E-state index contributed by atoms with van der Waals surface area (Å²) >= 11 is 0. The van der Waals surface area contributed by atoms with Gasteiger partial charge in [-0.3, -0.25) is 9.69 Å². The van der Waals surface area contributed by atoms with Gasteiger partial charge in [-0.2, -0.15) is 0 Å². The molecule has 1 amide bonds. The van der Waals surface area contributed by atoms with Crippen LogP contribution < -0.4 is 10.1 Å². The van der Waals surface area contributed by atoms with Gasteiger partial charge in [0.1, 0.15) is 11.9 Å². The number of nitrogens with one attached hydrogen (secondary N) is 1. The van der Waals surface area contributed by atoms with Gasteiger partial charge in [-0.05, 0) is 45.1 Å². The molecule has 0 radical (unpaired) electrons.